The first kappa shape index (κ1) is 15.3. The number of nitrogens with zero attached hydrogens (tertiary/aromatic N) is 1. The predicted octanol–water partition coefficient (Wildman–Crippen LogP) is 5.45. The van der Waals surface area contributed by atoms with Crippen LogP contribution in [0.3, 0.4) is 0 Å². The van der Waals surface area contributed by atoms with Crippen molar-refractivity contribution in [1.29, 1.82) is 0 Å². The second-order valence-corrected chi connectivity index (χ2v) is 6.55. The molecule has 1 aromatic carbocycles. The predicted molar refractivity (Wildman–Crippen MR) is 90.7 cm³/mol. The van der Waals surface area contributed by atoms with Crippen LogP contribution in [-0.4, -0.2) is 11.5 Å². The molecule has 1 saturated carbocycles. The van der Waals surface area contributed by atoms with E-state index < -0.39 is 0 Å². The second-order valence-electron chi connectivity index (χ2n) is 6.55. The zero-order chi connectivity index (χ0) is 15.4. The molecule has 0 bridgehead atoms. The van der Waals surface area contributed by atoms with Crippen molar-refractivity contribution < 1.29 is 4.39 Å². The number of halogens is 1. The van der Waals surface area contributed by atoms with Gasteiger partial charge >= 0.3 is 0 Å². The van der Waals surface area contributed by atoms with Crippen LogP contribution in [0.4, 0.5) is 10.1 Å². The van der Waals surface area contributed by atoms with Gasteiger partial charge in [-0.1, -0.05) is 32.1 Å². The number of nitrogens with one attached hydrogen (secondary N) is 1. The summed E-state index contributed by atoms with van der Waals surface area (Å²) in [6.45, 7) is 2.93. The summed E-state index contributed by atoms with van der Waals surface area (Å²) >= 11 is 0. The van der Waals surface area contributed by atoms with Crippen LogP contribution in [-0.2, 0) is 0 Å². The number of hydrogen-bond donors (Lipinski definition) is 1. The van der Waals surface area contributed by atoms with Crippen molar-refractivity contribution in [2.45, 2.75) is 51.9 Å². The van der Waals surface area contributed by atoms with E-state index >= 15 is 0 Å². The van der Waals surface area contributed by atoms with Gasteiger partial charge in [0.25, 0.3) is 0 Å². The molecule has 1 aliphatic carbocycles. The number of anilines is 1. The van der Waals surface area contributed by atoms with Gasteiger partial charge in [0.2, 0.25) is 0 Å². The van der Waals surface area contributed by atoms with Crippen LogP contribution < -0.4 is 5.32 Å². The van der Waals surface area contributed by atoms with Crippen LogP contribution in [0.1, 0.15) is 50.6 Å². The largest absolute Gasteiger partial charge is 0.384 e. The smallest absolute Gasteiger partial charge is 0.124 e. The van der Waals surface area contributed by atoms with E-state index in [2.05, 4.69) is 10.3 Å². The fraction of sp³-hybridized carbons (Fsp3) is 0.526. The molecule has 1 heterocycles. The molecule has 22 heavy (non-hydrogen) atoms. The minimum absolute atomic E-state index is 0.205. The van der Waals surface area contributed by atoms with Gasteiger partial charge in [-0.25, -0.2) is 4.39 Å². The molecule has 1 fully saturated rings. The molecule has 3 heteroatoms. The van der Waals surface area contributed by atoms with Crippen LogP contribution in [0.2, 0.25) is 0 Å². The van der Waals surface area contributed by atoms with Crippen molar-refractivity contribution >= 4 is 16.6 Å². The number of rotatable bonds is 5. The molecule has 0 unspecified atom stereocenters. The molecule has 1 aromatic heterocycles. The third-order valence-electron chi connectivity index (χ3n) is 4.73. The van der Waals surface area contributed by atoms with Crippen molar-refractivity contribution in [2.75, 3.05) is 11.9 Å². The fourth-order valence-corrected chi connectivity index (χ4v) is 3.57. The van der Waals surface area contributed by atoms with E-state index in [1.165, 1.54) is 51.0 Å². The lowest BCUT2D eigenvalue weighted by Crippen LogP contribution is -2.09. The molecular formula is C19H25FN2. The van der Waals surface area contributed by atoms with E-state index in [1.54, 1.807) is 12.1 Å². The number of benzene rings is 1. The van der Waals surface area contributed by atoms with Crippen molar-refractivity contribution in [3.05, 3.63) is 35.8 Å². The van der Waals surface area contributed by atoms with Gasteiger partial charge in [0.15, 0.2) is 0 Å². The highest BCUT2D eigenvalue weighted by molar-refractivity contribution is 5.91. The SMILES string of the molecule is Cc1cc(NCCCC2CCCCC2)c2cc(F)ccc2n1. The van der Waals surface area contributed by atoms with Gasteiger partial charge < -0.3 is 5.32 Å². The van der Waals surface area contributed by atoms with Gasteiger partial charge in [0.1, 0.15) is 5.82 Å². The molecule has 0 aliphatic heterocycles. The maximum absolute atomic E-state index is 13.5. The van der Waals surface area contributed by atoms with Crippen molar-refractivity contribution in [3.63, 3.8) is 0 Å². The molecule has 1 N–H and O–H groups in total. The minimum Gasteiger partial charge on any atom is -0.384 e. The number of aryl methyl sites for hydroxylation is 1. The summed E-state index contributed by atoms with van der Waals surface area (Å²) in [5.41, 5.74) is 2.83. The number of pyridine rings is 1. The van der Waals surface area contributed by atoms with E-state index in [1.807, 2.05) is 13.0 Å². The maximum Gasteiger partial charge on any atom is 0.124 e. The third-order valence-corrected chi connectivity index (χ3v) is 4.73. The quantitative estimate of drug-likeness (QED) is 0.742. The number of fused-ring (bicyclic) bond motifs is 1. The van der Waals surface area contributed by atoms with Crippen LogP contribution in [0.15, 0.2) is 24.3 Å². The molecule has 1 aliphatic rings. The Morgan fingerprint density at radius 1 is 1.18 bits per heavy atom. The Labute approximate surface area is 132 Å². The van der Waals surface area contributed by atoms with Crippen LogP contribution in [0, 0.1) is 18.7 Å². The fourth-order valence-electron chi connectivity index (χ4n) is 3.57. The van der Waals surface area contributed by atoms with E-state index in [0.29, 0.717) is 0 Å². The first-order valence-corrected chi connectivity index (χ1v) is 8.53. The molecule has 2 nitrogen and oxygen atoms in total. The van der Waals surface area contributed by atoms with E-state index in [-0.39, 0.29) is 5.82 Å². The summed E-state index contributed by atoms with van der Waals surface area (Å²) in [6, 6.07) is 6.82. The Morgan fingerprint density at radius 3 is 2.82 bits per heavy atom. The molecule has 0 spiro atoms. The molecule has 0 atom stereocenters. The molecule has 0 amide bonds. The van der Waals surface area contributed by atoms with Crippen molar-refractivity contribution in [2.24, 2.45) is 5.92 Å². The van der Waals surface area contributed by atoms with Gasteiger partial charge in [-0.2, -0.15) is 0 Å². The van der Waals surface area contributed by atoms with Gasteiger partial charge in [-0.15, -0.1) is 0 Å². The molecule has 118 valence electrons. The lowest BCUT2D eigenvalue weighted by atomic mass is 9.86. The summed E-state index contributed by atoms with van der Waals surface area (Å²) in [4.78, 5) is 4.47. The normalized spacial score (nSPS) is 16.1. The first-order chi connectivity index (χ1) is 10.7. The van der Waals surface area contributed by atoms with E-state index in [4.69, 9.17) is 0 Å². The van der Waals surface area contributed by atoms with Crippen molar-refractivity contribution in [3.8, 4) is 0 Å². The van der Waals surface area contributed by atoms with E-state index in [9.17, 15) is 4.39 Å². The van der Waals surface area contributed by atoms with Gasteiger partial charge in [0, 0.05) is 23.3 Å². The highest BCUT2D eigenvalue weighted by atomic mass is 19.1. The molecule has 0 saturated heterocycles. The summed E-state index contributed by atoms with van der Waals surface area (Å²) in [6.07, 6.45) is 9.54. The molecule has 0 radical (unpaired) electrons. The monoisotopic (exact) mass is 300 g/mol. The zero-order valence-corrected chi connectivity index (χ0v) is 13.4. The summed E-state index contributed by atoms with van der Waals surface area (Å²) in [5, 5.41) is 4.37. The van der Waals surface area contributed by atoms with E-state index in [0.717, 1.165) is 34.7 Å². The van der Waals surface area contributed by atoms with Crippen molar-refractivity contribution in [1.82, 2.24) is 4.98 Å². The summed E-state index contributed by atoms with van der Waals surface area (Å²) in [5.74, 6) is 0.715. The lowest BCUT2D eigenvalue weighted by Gasteiger charge is -2.21. The Hall–Kier alpha value is -1.64. The Kier molecular flexibility index (Phi) is 4.91. The number of aromatic nitrogens is 1. The average Bonchev–Trinajstić information content (AvgIpc) is 2.53. The Balaban J connectivity index is 1.62. The Morgan fingerprint density at radius 2 is 2.00 bits per heavy atom. The van der Waals surface area contributed by atoms with Crippen LogP contribution in [0.5, 0.6) is 0 Å². The first-order valence-electron chi connectivity index (χ1n) is 8.53. The lowest BCUT2D eigenvalue weighted by molar-refractivity contribution is 0.335. The van der Waals surface area contributed by atoms with Crippen LogP contribution in [0.25, 0.3) is 10.9 Å². The highest BCUT2D eigenvalue weighted by Gasteiger charge is 2.12. The topological polar surface area (TPSA) is 24.9 Å². The molecule has 2 aromatic rings. The standard InChI is InChI=1S/C19H25FN2/c1-14-12-19(17-13-16(20)9-10-18(17)22-14)21-11-5-8-15-6-3-2-4-7-15/h9-10,12-13,15H,2-8,11H2,1H3,(H,21,22). The van der Waals surface area contributed by atoms with Gasteiger partial charge in [-0.3, -0.25) is 4.98 Å². The zero-order valence-electron chi connectivity index (χ0n) is 13.4. The van der Waals surface area contributed by atoms with Gasteiger partial charge in [-0.05, 0) is 49.9 Å². The van der Waals surface area contributed by atoms with Crippen LogP contribution >= 0.6 is 0 Å². The summed E-state index contributed by atoms with van der Waals surface area (Å²) in [7, 11) is 0. The third kappa shape index (κ3) is 3.76. The number of hydrogen-bond acceptors (Lipinski definition) is 2. The average molecular weight is 300 g/mol. The maximum atomic E-state index is 13.5. The Bertz CT molecular complexity index is 633. The minimum atomic E-state index is -0.205. The highest BCUT2D eigenvalue weighted by Crippen LogP contribution is 2.28. The summed E-state index contributed by atoms with van der Waals surface area (Å²) < 4.78 is 13.5. The molecule has 3 rings (SSSR count). The second kappa shape index (κ2) is 7.08. The van der Waals surface area contributed by atoms with Gasteiger partial charge in [0.05, 0.1) is 5.52 Å². The molecular weight excluding hydrogens is 275 g/mol.